The summed E-state index contributed by atoms with van der Waals surface area (Å²) >= 11 is 0. The summed E-state index contributed by atoms with van der Waals surface area (Å²) in [5.74, 6) is 0.685. The maximum absolute atomic E-state index is 11.9. The molecule has 4 nitrogen and oxygen atoms in total. The molecule has 1 aliphatic heterocycles. The van der Waals surface area contributed by atoms with Crippen LogP contribution in [0.2, 0.25) is 0 Å². The van der Waals surface area contributed by atoms with E-state index in [1.165, 1.54) is 0 Å². The molecule has 4 unspecified atom stereocenters. The molecule has 0 aromatic rings. The highest BCUT2D eigenvalue weighted by molar-refractivity contribution is 5.81. The number of likely N-dealkylation sites (tertiary alicyclic amines) is 1. The van der Waals surface area contributed by atoms with Gasteiger partial charge >= 0.3 is 0 Å². The monoisotopic (exact) mass is 255 g/mol. The third kappa shape index (κ3) is 4.25. The molecule has 0 aromatic carbocycles. The van der Waals surface area contributed by atoms with Crippen LogP contribution in [0, 0.1) is 5.92 Å². The van der Waals surface area contributed by atoms with Crippen molar-refractivity contribution in [3.63, 3.8) is 0 Å². The Morgan fingerprint density at radius 3 is 2.44 bits per heavy atom. The second-order valence-electron chi connectivity index (χ2n) is 6.16. The summed E-state index contributed by atoms with van der Waals surface area (Å²) in [5, 5.41) is 6.44. The Bertz CT molecular complexity index is 280. The average Bonchev–Trinajstić information content (AvgIpc) is 2.24. The molecule has 0 aliphatic carbocycles. The number of rotatable bonds is 4. The molecule has 1 heterocycles. The average molecular weight is 255 g/mol. The molecule has 0 spiro atoms. The van der Waals surface area contributed by atoms with Crippen molar-refractivity contribution >= 4 is 5.91 Å². The van der Waals surface area contributed by atoms with Gasteiger partial charge in [-0.05, 0) is 47.1 Å². The molecular formula is C14H29N3O. The Labute approximate surface area is 111 Å². The Kier molecular flexibility index (Phi) is 5.60. The molecule has 0 aromatic heterocycles. The zero-order valence-corrected chi connectivity index (χ0v) is 12.7. The van der Waals surface area contributed by atoms with E-state index < -0.39 is 0 Å². The third-order valence-corrected chi connectivity index (χ3v) is 3.90. The van der Waals surface area contributed by atoms with Gasteiger partial charge in [0, 0.05) is 24.7 Å². The molecular weight excluding hydrogens is 226 g/mol. The van der Waals surface area contributed by atoms with Gasteiger partial charge < -0.3 is 15.5 Å². The van der Waals surface area contributed by atoms with E-state index in [1.807, 2.05) is 20.8 Å². The SMILES string of the molecule is CC(C)NC(=O)C(C)NC1CC(C)N(C)CC1C. The number of hydrogen-bond acceptors (Lipinski definition) is 3. The number of nitrogens with zero attached hydrogens (tertiary/aromatic N) is 1. The molecule has 1 aliphatic rings. The molecule has 2 N–H and O–H groups in total. The van der Waals surface area contributed by atoms with Gasteiger partial charge in [0.25, 0.3) is 0 Å². The Balaban J connectivity index is 2.48. The van der Waals surface area contributed by atoms with Crippen LogP contribution >= 0.6 is 0 Å². The third-order valence-electron chi connectivity index (χ3n) is 3.90. The van der Waals surface area contributed by atoms with Gasteiger partial charge in [-0.2, -0.15) is 0 Å². The van der Waals surface area contributed by atoms with Crippen LogP contribution in [-0.2, 0) is 4.79 Å². The molecule has 1 rings (SSSR count). The van der Waals surface area contributed by atoms with Gasteiger partial charge in [-0.3, -0.25) is 4.79 Å². The van der Waals surface area contributed by atoms with Crippen molar-refractivity contribution in [2.75, 3.05) is 13.6 Å². The van der Waals surface area contributed by atoms with Crippen molar-refractivity contribution in [3.05, 3.63) is 0 Å². The molecule has 106 valence electrons. The number of hydrogen-bond donors (Lipinski definition) is 2. The van der Waals surface area contributed by atoms with Gasteiger partial charge in [0.1, 0.15) is 0 Å². The lowest BCUT2D eigenvalue weighted by Crippen LogP contribution is -2.56. The van der Waals surface area contributed by atoms with Crippen LogP contribution in [0.5, 0.6) is 0 Å². The fourth-order valence-electron chi connectivity index (χ4n) is 2.58. The zero-order chi connectivity index (χ0) is 13.9. The van der Waals surface area contributed by atoms with Crippen LogP contribution < -0.4 is 10.6 Å². The first-order chi connectivity index (χ1) is 8.31. The number of amides is 1. The van der Waals surface area contributed by atoms with Gasteiger partial charge in [0.2, 0.25) is 5.91 Å². The minimum absolute atomic E-state index is 0.101. The largest absolute Gasteiger partial charge is 0.353 e. The predicted molar refractivity (Wildman–Crippen MR) is 75.5 cm³/mol. The van der Waals surface area contributed by atoms with Crippen molar-refractivity contribution in [3.8, 4) is 0 Å². The standard InChI is InChI=1S/C14H29N3O/c1-9(2)15-14(18)12(5)16-13-7-11(4)17(6)8-10(13)3/h9-13,16H,7-8H2,1-6H3,(H,15,18). The molecule has 0 radical (unpaired) electrons. The quantitative estimate of drug-likeness (QED) is 0.794. The summed E-state index contributed by atoms with van der Waals surface area (Å²) < 4.78 is 0. The van der Waals surface area contributed by atoms with E-state index in [9.17, 15) is 4.79 Å². The molecule has 1 saturated heterocycles. The second kappa shape index (κ2) is 6.53. The number of nitrogens with one attached hydrogen (secondary N) is 2. The minimum atomic E-state index is -0.115. The highest BCUT2D eigenvalue weighted by Crippen LogP contribution is 2.21. The van der Waals surface area contributed by atoms with Crippen LogP contribution in [-0.4, -0.2) is 48.6 Å². The Hall–Kier alpha value is -0.610. The first-order valence-corrected chi connectivity index (χ1v) is 7.08. The summed E-state index contributed by atoms with van der Waals surface area (Å²) in [6, 6.07) is 1.11. The van der Waals surface area contributed by atoms with E-state index in [2.05, 4.69) is 36.4 Å². The van der Waals surface area contributed by atoms with Crippen molar-refractivity contribution < 1.29 is 4.79 Å². The maximum Gasteiger partial charge on any atom is 0.237 e. The normalized spacial score (nSPS) is 31.4. The number of carbonyl (C=O) groups is 1. The van der Waals surface area contributed by atoms with Crippen LogP contribution in [0.25, 0.3) is 0 Å². The van der Waals surface area contributed by atoms with E-state index >= 15 is 0 Å². The topological polar surface area (TPSA) is 44.4 Å². The molecule has 1 amide bonds. The van der Waals surface area contributed by atoms with Crippen molar-refractivity contribution in [2.45, 2.75) is 65.2 Å². The van der Waals surface area contributed by atoms with Gasteiger partial charge in [-0.15, -0.1) is 0 Å². The van der Waals surface area contributed by atoms with Crippen LogP contribution in [0.4, 0.5) is 0 Å². The van der Waals surface area contributed by atoms with Crippen LogP contribution in [0.1, 0.15) is 41.0 Å². The van der Waals surface area contributed by atoms with Gasteiger partial charge in [0.15, 0.2) is 0 Å². The van der Waals surface area contributed by atoms with E-state index in [-0.39, 0.29) is 18.0 Å². The lowest BCUT2D eigenvalue weighted by atomic mass is 9.89. The fraction of sp³-hybridized carbons (Fsp3) is 0.929. The van der Waals surface area contributed by atoms with E-state index in [4.69, 9.17) is 0 Å². The number of carbonyl (C=O) groups excluding carboxylic acids is 1. The minimum Gasteiger partial charge on any atom is -0.353 e. The molecule has 4 heteroatoms. The van der Waals surface area contributed by atoms with Crippen molar-refractivity contribution in [1.29, 1.82) is 0 Å². The summed E-state index contributed by atoms with van der Waals surface area (Å²) in [6.45, 7) is 11.5. The highest BCUT2D eigenvalue weighted by Gasteiger charge is 2.30. The number of piperidine rings is 1. The first-order valence-electron chi connectivity index (χ1n) is 7.08. The van der Waals surface area contributed by atoms with Gasteiger partial charge in [0.05, 0.1) is 6.04 Å². The smallest absolute Gasteiger partial charge is 0.237 e. The van der Waals surface area contributed by atoms with E-state index in [0.29, 0.717) is 18.0 Å². The summed E-state index contributed by atoms with van der Waals surface area (Å²) in [6.07, 6.45) is 1.11. The van der Waals surface area contributed by atoms with Gasteiger partial charge in [-0.1, -0.05) is 6.92 Å². The summed E-state index contributed by atoms with van der Waals surface area (Å²) in [5.41, 5.74) is 0. The predicted octanol–water partition coefficient (Wildman–Crippen LogP) is 1.22. The van der Waals surface area contributed by atoms with Crippen molar-refractivity contribution in [1.82, 2.24) is 15.5 Å². The zero-order valence-electron chi connectivity index (χ0n) is 12.7. The summed E-state index contributed by atoms with van der Waals surface area (Å²) in [7, 11) is 2.17. The molecule has 0 saturated carbocycles. The fourth-order valence-corrected chi connectivity index (χ4v) is 2.58. The molecule has 4 atom stereocenters. The Morgan fingerprint density at radius 1 is 1.28 bits per heavy atom. The van der Waals surface area contributed by atoms with E-state index in [0.717, 1.165) is 13.0 Å². The maximum atomic E-state index is 11.9. The van der Waals surface area contributed by atoms with Crippen LogP contribution in [0.3, 0.4) is 0 Å². The Morgan fingerprint density at radius 2 is 1.89 bits per heavy atom. The molecule has 1 fully saturated rings. The second-order valence-corrected chi connectivity index (χ2v) is 6.16. The highest BCUT2D eigenvalue weighted by atomic mass is 16.2. The van der Waals surface area contributed by atoms with Crippen LogP contribution in [0.15, 0.2) is 0 Å². The summed E-state index contributed by atoms with van der Waals surface area (Å²) in [4.78, 5) is 14.3. The lowest BCUT2D eigenvalue weighted by Gasteiger charge is -2.41. The first kappa shape index (κ1) is 15.4. The molecule has 0 bridgehead atoms. The van der Waals surface area contributed by atoms with Crippen molar-refractivity contribution in [2.24, 2.45) is 5.92 Å². The van der Waals surface area contributed by atoms with Gasteiger partial charge in [-0.25, -0.2) is 0 Å². The van der Waals surface area contributed by atoms with E-state index in [1.54, 1.807) is 0 Å². The molecule has 18 heavy (non-hydrogen) atoms. The lowest BCUT2D eigenvalue weighted by molar-refractivity contribution is -0.123.